The number of aromatic carboxylic acids is 1. The number of rotatable bonds is 10. The molecule has 244 valence electrons. The fourth-order valence-electron chi connectivity index (χ4n) is 5.11. The number of alkyl halides is 3. The first-order chi connectivity index (χ1) is 22.4. The Labute approximate surface area is 269 Å². The van der Waals surface area contributed by atoms with E-state index in [-0.39, 0.29) is 44.2 Å². The molecule has 1 unspecified atom stereocenters. The number of carboxylic acid groups (broad SMARTS) is 1. The van der Waals surface area contributed by atoms with Gasteiger partial charge in [-0.15, -0.1) is 11.3 Å². The molecule has 0 aliphatic rings. The second kappa shape index (κ2) is 13.6. The SMILES string of the molecule is CCNC(=O)Nc1cc(-c2nc(C(F)(F)F)cs2)c(-c2cc3c(=O)c(C(=O)O)cn(C(CO)Cc4ccccc4)c3cc2OC)cn1. The van der Waals surface area contributed by atoms with Crippen LogP contribution >= 0.6 is 11.3 Å². The van der Waals surface area contributed by atoms with Gasteiger partial charge in [0.05, 0.1) is 25.3 Å². The molecule has 5 aromatic rings. The van der Waals surface area contributed by atoms with Crippen LogP contribution < -0.4 is 20.8 Å². The van der Waals surface area contributed by atoms with Gasteiger partial charge in [-0.2, -0.15) is 13.2 Å². The molecule has 2 aromatic carbocycles. The van der Waals surface area contributed by atoms with Gasteiger partial charge in [-0.1, -0.05) is 30.3 Å². The molecule has 47 heavy (non-hydrogen) atoms. The van der Waals surface area contributed by atoms with Gasteiger partial charge in [0.15, 0.2) is 5.69 Å². The van der Waals surface area contributed by atoms with E-state index in [4.69, 9.17) is 4.74 Å². The summed E-state index contributed by atoms with van der Waals surface area (Å²) in [5, 5.41) is 26.1. The van der Waals surface area contributed by atoms with Crippen molar-refractivity contribution in [1.82, 2.24) is 19.9 Å². The van der Waals surface area contributed by atoms with Crippen molar-refractivity contribution in [3.05, 3.63) is 93.3 Å². The third-order valence-corrected chi connectivity index (χ3v) is 8.18. The number of methoxy groups -OCH3 is 1. The van der Waals surface area contributed by atoms with E-state index in [0.717, 1.165) is 10.9 Å². The molecule has 0 spiro atoms. The highest BCUT2D eigenvalue weighted by Crippen LogP contribution is 2.42. The Balaban J connectivity index is 1.76. The van der Waals surface area contributed by atoms with E-state index in [0.29, 0.717) is 24.3 Å². The second-order valence-corrected chi connectivity index (χ2v) is 11.2. The maximum Gasteiger partial charge on any atom is 0.434 e. The number of aromatic nitrogens is 3. The fourth-order valence-corrected chi connectivity index (χ4v) is 5.97. The van der Waals surface area contributed by atoms with Crippen molar-refractivity contribution in [3.8, 4) is 27.4 Å². The van der Waals surface area contributed by atoms with Gasteiger partial charge in [0.1, 0.15) is 22.1 Å². The number of hydrogen-bond donors (Lipinski definition) is 4. The Kier molecular flexibility index (Phi) is 9.58. The minimum Gasteiger partial charge on any atom is -0.496 e. The normalized spacial score (nSPS) is 12.1. The van der Waals surface area contributed by atoms with Crippen molar-refractivity contribution in [1.29, 1.82) is 0 Å². The molecule has 4 N–H and O–H groups in total. The van der Waals surface area contributed by atoms with E-state index < -0.39 is 47.5 Å². The molecule has 5 rings (SSSR count). The highest BCUT2D eigenvalue weighted by molar-refractivity contribution is 7.13. The quantitative estimate of drug-likeness (QED) is 0.145. The number of thiazole rings is 1. The molecule has 15 heteroatoms. The standard InChI is InChI=1S/C32H28F3N5O6S/c1-3-36-31(45)39-27-11-20(29-38-26(16-47-29)32(33,34)35)22(13-37-27)19-10-21-24(12-25(19)46-2)40(14-23(28(21)42)30(43)44)18(15-41)9-17-7-5-4-6-8-17/h4-8,10-14,16,18,41H,3,9,15H2,1-2H3,(H,43,44)(H2,36,37,39,45). The lowest BCUT2D eigenvalue weighted by molar-refractivity contribution is -0.140. The molecule has 0 aliphatic carbocycles. The Morgan fingerprint density at radius 2 is 1.85 bits per heavy atom. The van der Waals surface area contributed by atoms with Crippen LogP contribution in [-0.4, -0.2) is 57.0 Å². The summed E-state index contributed by atoms with van der Waals surface area (Å²) in [5.41, 5.74) is -0.834. The van der Waals surface area contributed by atoms with E-state index >= 15 is 0 Å². The number of urea groups is 1. The maximum atomic E-state index is 13.6. The summed E-state index contributed by atoms with van der Waals surface area (Å²) in [7, 11) is 1.36. The Bertz CT molecular complexity index is 2010. The predicted octanol–water partition coefficient (Wildman–Crippen LogP) is 5.83. The first kappa shape index (κ1) is 33.1. The number of carbonyl (C=O) groups is 2. The lowest BCUT2D eigenvalue weighted by Crippen LogP contribution is -2.28. The van der Waals surface area contributed by atoms with Crippen molar-refractivity contribution in [3.63, 3.8) is 0 Å². The Morgan fingerprint density at radius 1 is 1.11 bits per heavy atom. The number of aliphatic hydroxyl groups is 1. The minimum absolute atomic E-state index is 0.0143. The monoisotopic (exact) mass is 667 g/mol. The lowest BCUT2D eigenvalue weighted by Gasteiger charge is -2.23. The number of pyridine rings is 2. The zero-order chi connectivity index (χ0) is 33.9. The molecule has 11 nitrogen and oxygen atoms in total. The predicted molar refractivity (Wildman–Crippen MR) is 170 cm³/mol. The molecule has 1 atom stereocenters. The number of nitrogens with one attached hydrogen (secondary N) is 2. The second-order valence-electron chi connectivity index (χ2n) is 10.3. The number of hydrogen-bond acceptors (Lipinski definition) is 8. The third kappa shape index (κ3) is 6.95. The van der Waals surface area contributed by atoms with Crippen LogP contribution in [-0.2, 0) is 12.6 Å². The zero-order valence-electron chi connectivity index (χ0n) is 25.0. The van der Waals surface area contributed by atoms with Crippen LogP contribution in [0.5, 0.6) is 5.75 Å². The third-order valence-electron chi connectivity index (χ3n) is 7.30. The summed E-state index contributed by atoms with van der Waals surface area (Å²) in [6.07, 6.45) is -1.94. The molecule has 2 amide bonds. The van der Waals surface area contributed by atoms with Gasteiger partial charge >= 0.3 is 18.2 Å². The molecule has 3 heterocycles. The van der Waals surface area contributed by atoms with Crippen molar-refractivity contribution in [2.75, 3.05) is 25.6 Å². The van der Waals surface area contributed by atoms with Crippen LogP contribution in [0, 0.1) is 0 Å². The number of anilines is 1. The Morgan fingerprint density at radius 3 is 2.47 bits per heavy atom. The summed E-state index contributed by atoms with van der Waals surface area (Å²) in [6.45, 7) is 1.62. The molecule has 0 fully saturated rings. The van der Waals surface area contributed by atoms with Crippen molar-refractivity contribution in [2.24, 2.45) is 0 Å². The van der Waals surface area contributed by atoms with Gasteiger partial charge in [0.2, 0.25) is 5.43 Å². The number of carboxylic acids is 1. The van der Waals surface area contributed by atoms with Crippen molar-refractivity contribution >= 4 is 40.1 Å². The zero-order valence-corrected chi connectivity index (χ0v) is 25.8. The van der Waals surface area contributed by atoms with Gasteiger partial charge in [0.25, 0.3) is 0 Å². The number of fused-ring (bicyclic) bond motifs is 1. The Hall–Kier alpha value is -5.28. The lowest BCUT2D eigenvalue weighted by atomic mass is 9.97. The maximum absolute atomic E-state index is 13.6. The number of amides is 2. The molecule has 0 bridgehead atoms. The largest absolute Gasteiger partial charge is 0.496 e. The van der Waals surface area contributed by atoms with Gasteiger partial charge < -0.3 is 24.8 Å². The topological polar surface area (TPSA) is 156 Å². The summed E-state index contributed by atoms with van der Waals surface area (Å²) in [4.78, 5) is 46.0. The number of aliphatic hydroxyl groups excluding tert-OH is 1. The van der Waals surface area contributed by atoms with Gasteiger partial charge in [-0.3, -0.25) is 10.1 Å². The molecule has 0 saturated heterocycles. The number of benzene rings is 2. The van der Waals surface area contributed by atoms with Gasteiger partial charge in [0, 0.05) is 52.5 Å². The van der Waals surface area contributed by atoms with E-state index in [1.54, 1.807) is 6.92 Å². The molecule has 0 aliphatic heterocycles. The van der Waals surface area contributed by atoms with Crippen LogP contribution in [0.15, 0.2) is 71.1 Å². The molecule has 0 radical (unpaired) electrons. The van der Waals surface area contributed by atoms with E-state index in [1.807, 2.05) is 30.3 Å². The smallest absolute Gasteiger partial charge is 0.434 e. The molecular weight excluding hydrogens is 639 g/mol. The van der Waals surface area contributed by atoms with E-state index in [1.165, 1.54) is 42.3 Å². The first-order valence-electron chi connectivity index (χ1n) is 14.2. The number of halogens is 3. The average Bonchev–Trinajstić information content (AvgIpc) is 3.55. The summed E-state index contributed by atoms with van der Waals surface area (Å²) >= 11 is 0.714. The van der Waals surface area contributed by atoms with Crippen LogP contribution in [0.25, 0.3) is 32.6 Å². The number of ether oxygens (including phenoxy) is 1. The summed E-state index contributed by atoms with van der Waals surface area (Å²) < 4.78 is 47.8. The van der Waals surface area contributed by atoms with E-state index in [2.05, 4.69) is 20.6 Å². The number of nitrogens with zero attached hydrogens (tertiary/aromatic N) is 3. The van der Waals surface area contributed by atoms with Gasteiger partial charge in [-0.25, -0.2) is 19.6 Å². The summed E-state index contributed by atoms with van der Waals surface area (Å²) in [5.74, 6) is -1.30. The van der Waals surface area contributed by atoms with Crippen molar-refractivity contribution in [2.45, 2.75) is 25.6 Å². The minimum atomic E-state index is -4.72. The average molecular weight is 668 g/mol. The van der Waals surface area contributed by atoms with Crippen LogP contribution in [0.3, 0.4) is 0 Å². The molecule has 0 saturated carbocycles. The van der Waals surface area contributed by atoms with Crippen LogP contribution in [0.1, 0.15) is 34.6 Å². The van der Waals surface area contributed by atoms with Crippen LogP contribution in [0.4, 0.5) is 23.8 Å². The summed E-state index contributed by atoms with van der Waals surface area (Å²) in [6, 6.07) is 12.2. The van der Waals surface area contributed by atoms with E-state index in [9.17, 15) is 37.8 Å². The highest BCUT2D eigenvalue weighted by atomic mass is 32.1. The number of carbonyl (C=O) groups excluding carboxylic acids is 1. The first-order valence-corrected chi connectivity index (χ1v) is 15.1. The van der Waals surface area contributed by atoms with Crippen molar-refractivity contribution < 1.29 is 37.7 Å². The molecule has 3 aromatic heterocycles. The highest BCUT2D eigenvalue weighted by Gasteiger charge is 2.34. The molecular formula is C32H28F3N5O6S. The van der Waals surface area contributed by atoms with Crippen LogP contribution in [0.2, 0.25) is 0 Å². The fraction of sp³-hybridized carbons (Fsp3) is 0.219. The van der Waals surface area contributed by atoms with Gasteiger partial charge in [-0.05, 0) is 31.0 Å².